The van der Waals surface area contributed by atoms with Gasteiger partial charge >= 0.3 is 0 Å². The maximum absolute atomic E-state index is 4.35. The molecule has 1 aliphatic rings. The van der Waals surface area contributed by atoms with Crippen LogP contribution in [0.2, 0.25) is 0 Å². The molecule has 2 rings (SSSR count). The van der Waals surface area contributed by atoms with E-state index in [1.54, 1.807) is 0 Å². The summed E-state index contributed by atoms with van der Waals surface area (Å²) in [5, 5.41) is 3.62. The van der Waals surface area contributed by atoms with Crippen LogP contribution in [0.3, 0.4) is 0 Å². The average Bonchev–Trinajstić information content (AvgIpc) is 2.92. The van der Waals surface area contributed by atoms with Crippen LogP contribution in [0.25, 0.3) is 0 Å². The number of nitrogens with one attached hydrogen (secondary N) is 1. The minimum atomic E-state index is 0.535. The van der Waals surface area contributed by atoms with E-state index in [1.165, 1.54) is 56.4 Å². The van der Waals surface area contributed by atoms with Gasteiger partial charge in [0.1, 0.15) is 0 Å². The van der Waals surface area contributed by atoms with E-state index in [-0.39, 0.29) is 0 Å². The molecular formula is C15H27N3S. The molecule has 0 aliphatic carbocycles. The van der Waals surface area contributed by atoms with Crippen molar-refractivity contribution in [1.29, 1.82) is 0 Å². The Hall–Kier alpha value is -0.480. The highest BCUT2D eigenvalue weighted by molar-refractivity contribution is 7.98. The highest BCUT2D eigenvalue weighted by Crippen LogP contribution is 2.22. The number of imidazole rings is 1. The first kappa shape index (κ1) is 14.9. The standard InChI is InChI=1S/C15H27N3S/c1-19-11-7-3-2-6-10-18-13-16-12-15(18)14-8-4-5-9-17-14/h12-14,17H,2-11H2,1H3. The molecule has 19 heavy (non-hydrogen) atoms. The second kappa shape index (κ2) is 8.64. The predicted octanol–water partition coefficient (Wildman–Crippen LogP) is 3.62. The summed E-state index contributed by atoms with van der Waals surface area (Å²) in [7, 11) is 0. The first-order valence-electron chi connectivity index (χ1n) is 7.64. The molecule has 1 aromatic heterocycles. The molecule has 1 aromatic rings. The molecule has 1 unspecified atom stereocenters. The molecule has 0 spiro atoms. The van der Waals surface area contributed by atoms with Gasteiger partial charge < -0.3 is 9.88 Å². The van der Waals surface area contributed by atoms with Gasteiger partial charge in [-0.2, -0.15) is 11.8 Å². The fourth-order valence-electron chi connectivity index (χ4n) is 2.79. The third-order valence-corrected chi connectivity index (χ3v) is 4.61. The summed E-state index contributed by atoms with van der Waals surface area (Å²) in [5.41, 5.74) is 1.39. The number of rotatable bonds is 8. The van der Waals surface area contributed by atoms with Crippen LogP contribution in [0.1, 0.15) is 56.7 Å². The number of thioether (sulfide) groups is 1. The quantitative estimate of drug-likeness (QED) is 0.738. The Bertz CT molecular complexity index is 345. The van der Waals surface area contributed by atoms with Gasteiger partial charge in [-0.3, -0.25) is 0 Å². The summed E-state index contributed by atoms with van der Waals surface area (Å²) in [4.78, 5) is 4.35. The van der Waals surface area contributed by atoms with Crippen molar-refractivity contribution in [1.82, 2.24) is 14.9 Å². The van der Waals surface area contributed by atoms with Crippen LogP contribution in [0.5, 0.6) is 0 Å². The summed E-state index contributed by atoms with van der Waals surface area (Å²) in [5.74, 6) is 1.31. The van der Waals surface area contributed by atoms with E-state index in [0.29, 0.717) is 6.04 Å². The summed E-state index contributed by atoms with van der Waals surface area (Å²) in [6.07, 6.45) is 15.5. The second-order valence-corrected chi connectivity index (χ2v) is 6.41. The molecule has 3 nitrogen and oxygen atoms in total. The summed E-state index contributed by atoms with van der Waals surface area (Å²) < 4.78 is 2.36. The van der Waals surface area contributed by atoms with E-state index in [4.69, 9.17) is 0 Å². The molecule has 0 aromatic carbocycles. The minimum Gasteiger partial charge on any atom is -0.333 e. The Balaban J connectivity index is 1.73. The summed E-state index contributed by atoms with van der Waals surface area (Å²) in [6.45, 7) is 2.29. The first-order valence-corrected chi connectivity index (χ1v) is 9.03. The van der Waals surface area contributed by atoms with Crippen LogP contribution in [-0.4, -0.2) is 28.1 Å². The van der Waals surface area contributed by atoms with Crippen LogP contribution in [0.15, 0.2) is 12.5 Å². The Morgan fingerprint density at radius 1 is 1.32 bits per heavy atom. The molecule has 108 valence electrons. The van der Waals surface area contributed by atoms with Gasteiger partial charge in [-0.05, 0) is 44.2 Å². The molecular weight excluding hydrogens is 254 g/mol. The van der Waals surface area contributed by atoms with Crippen LogP contribution in [0, 0.1) is 0 Å². The van der Waals surface area contributed by atoms with Crippen LogP contribution >= 0.6 is 11.8 Å². The van der Waals surface area contributed by atoms with E-state index < -0.39 is 0 Å². The van der Waals surface area contributed by atoms with Crippen molar-refractivity contribution < 1.29 is 0 Å². The third kappa shape index (κ3) is 4.84. The number of aryl methyl sites for hydroxylation is 1. The Morgan fingerprint density at radius 2 is 2.21 bits per heavy atom. The molecule has 0 amide bonds. The molecule has 1 saturated heterocycles. The predicted molar refractivity (Wildman–Crippen MR) is 83.7 cm³/mol. The van der Waals surface area contributed by atoms with Crippen molar-refractivity contribution in [2.45, 2.75) is 57.5 Å². The van der Waals surface area contributed by atoms with Crippen molar-refractivity contribution in [2.75, 3.05) is 18.6 Å². The van der Waals surface area contributed by atoms with E-state index in [0.717, 1.165) is 13.1 Å². The van der Waals surface area contributed by atoms with Crippen molar-refractivity contribution in [3.05, 3.63) is 18.2 Å². The SMILES string of the molecule is CSCCCCCCn1cncc1C1CCCCN1. The third-order valence-electron chi connectivity index (χ3n) is 3.91. The van der Waals surface area contributed by atoms with E-state index in [9.17, 15) is 0 Å². The van der Waals surface area contributed by atoms with Crippen molar-refractivity contribution >= 4 is 11.8 Å². The first-order chi connectivity index (χ1) is 9.42. The molecule has 1 fully saturated rings. The number of hydrogen-bond acceptors (Lipinski definition) is 3. The average molecular weight is 281 g/mol. The van der Waals surface area contributed by atoms with Gasteiger partial charge in [0, 0.05) is 18.8 Å². The molecule has 2 heterocycles. The lowest BCUT2D eigenvalue weighted by Crippen LogP contribution is -2.28. The summed E-state index contributed by atoms with van der Waals surface area (Å²) >= 11 is 1.96. The second-order valence-electron chi connectivity index (χ2n) is 5.42. The van der Waals surface area contributed by atoms with Crippen LogP contribution in [0.4, 0.5) is 0 Å². The highest BCUT2D eigenvalue weighted by Gasteiger charge is 2.17. The largest absolute Gasteiger partial charge is 0.333 e. The van der Waals surface area contributed by atoms with Crippen molar-refractivity contribution in [3.8, 4) is 0 Å². The topological polar surface area (TPSA) is 29.9 Å². The smallest absolute Gasteiger partial charge is 0.0948 e. The van der Waals surface area contributed by atoms with Gasteiger partial charge in [0.15, 0.2) is 0 Å². The van der Waals surface area contributed by atoms with Crippen molar-refractivity contribution in [2.24, 2.45) is 0 Å². The van der Waals surface area contributed by atoms with Crippen molar-refractivity contribution in [3.63, 3.8) is 0 Å². The lowest BCUT2D eigenvalue weighted by molar-refractivity contribution is 0.391. The van der Waals surface area contributed by atoms with Gasteiger partial charge in [-0.1, -0.05) is 19.3 Å². The maximum Gasteiger partial charge on any atom is 0.0948 e. The monoisotopic (exact) mass is 281 g/mol. The molecule has 1 aliphatic heterocycles. The Labute approximate surface area is 121 Å². The van der Waals surface area contributed by atoms with E-state index in [2.05, 4.69) is 27.3 Å². The van der Waals surface area contributed by atoms with Gasteiger partial charge in [0.25, 0.3) is 0 Å². The Morgan fingerprint density at radius 3 is 3.00 bits per heavy atom. The highest BCUT2D eigenvalue weighted by atomic mass is 32.2. The molecule has 4 heteroatoms. The number of aromatic nitrogens is 2. The van der Waals surface area contributed by atoms with Crippen LogP contribution in [-0.2, 0) is 6.54 Å². The Kier molecular flexibility index (Phi) is 6.79. The van der Waals surface area contributed by atoms with Gasteiger partial charge in [0.2, 0.25) is 0 Å². The fourth-order valence-corrected chi connectivity index (χ4v) is 3.29. The minimum absolute atomic E-state index is 0.535. The zero-order valence-corrected chi connectivity index (χ0v) is 12.9. The fraction of sp³-hybridized carbons (Fsp3) is 0.800. The zero-order chi connectivity index (χ0) is 13.3. The summed E-state index contributed by atoms with van der Waals surface area (Å²) in [6, 6.07) is 0.535. The molecule has 0 radical (unpaired) electrons. The molecule has 1 atom stereocenters. The van der Waals surface area contributed by atoms with Gasteiger partial charge in [-0.25, -0.2) is 4.98 Å². The van der Waals surface area contributed by atoms with Gasteiger partial charge in [-0.15, -0.1) is 0 Å². The maximum atomic E-state index is 4.35. The molecule has 0 bridgehead atoms. The van der Waals surface area contributed by atoms with Crippen LogP contribution < -0.4 is 5.32 Å². The number of unbranched alkanes of at least 4 members (excludes halogenated alkanes) is 3. The lowest BCUT2D eigenvalue weighted by Gasteiger charge is -2.24. The van der Waals surface area contributed by atoms with Gasteiger partial charge in [0.05, 0.1) is 12.0 Å². The normalized spacial score (nSPS) is 19.7. The lowest BCUT2D eigenvalue weighted by atomic mass is 10.0. The number of nitrogens with zero attached hydrogens (tertiary/aromatic N) is 2. The zero-order valence-electron chi connectivity index (χ0n) is 12.1. The van der Waals surface area contributed by atoms with E-state index in [1.807, 2.05) is 18.1 Å². The molecule has 0 saturated carbocycles. The number of hydrogen-bond donors (Lipinski definition) is 1. The molecule has 1 N–H and O–H groups in total. The van der Waals surface area contributed by atoms with E-state index >= 15 is 0 Å². The number of piperidine rings is 1.